The molecule has 0 aliphatic carbocycles. The van der Waals surface area contributed by atoms with Gasteiger partial charge in [-0.15, -0.1) is 0 Å². The molecule has 0 bridgehead atoms. The summed E-state index contributed by atoms with van der Waals surface area (Å²) in [5.74, 6) is 0.676. The normalized spacial score (nSPS) is 20.1. The van der Waals surface area contributed by atoms with Gasteiger partial charge in [0.15, 0.2) is 0 Å². The lowest BCUT2D eigenvalue weighted by Crippen LogP contribution is -2.42. The Kier molecular flexibility index (Phi) is 6.69. The number of carbonyl (C=O) groups is 2. The quantitative estimate of drug-likeness (QED) is 0.664. The van der Waals surface area contributed by atoms with Gasteiger partial charge in [0.25, 0.3) is 5.91 Å². The summed E-state index contributed by atoms with van der Waals surface area (Å²) < 4.78 is 5.24. The van der Waals surface area contributed by atoms with Crippen LogP contribution in [0.2, 0.25) is 0 Å². The third-order valence-corrected chi connectivity index (χ3v) is 4.44. The number of ether oxygens (including phenoxy) is 1. The molecular formula is C17H27N5O3. The second kappa shape index (κ2) is 8.75. The zero-order chi connectivity index (χ0) is 18.4. The van der Waals surface area contributed by atoms with Crippen LogP contribution in [0, 0.1) is 11.8 Å². The van der Waals surface area contributed by atoms with Gasteiger partial charge < -0.3 is 20.7 Å². The van der Waals surface area contributed by atoms with Gasteiger partial charge in [0.2, 0.25) is 5.91 Å². The van der Waals surface area contributed by atoms with Crippen LogP contribution in [-0.4, -0.2) is 54.1 Å². The average molecular weight is 349 g/mol. The van der Waals surface area contributed by atoms with Crippen molar-refractivity contribution in [1.29, 1.82) is 0 Å². The van der Waals surface area contributed by atoms with Gasteiger partial charge in [0.1, 0.15) is 11.5 Å². The molecule has 138 valence electrons. The van der Waals surface area contributed by atoms with E-state index in [0.29, 0.717) is 37.9 Å². The zero-order valence-corrected chi connectivity index (χ0v) is 15.1. The van der Waals surface area contributed by atoms with Crippen LogP contribution < -0.4 is 16.0 Å². The van der Waals surface area contributed by atoms with Gasteiger partial charge >= 0.3 is 0 Å². The van der Waals surface area contributed by atoms with Gasteiger partial charge in [-0.2, -0.15) is 0 Å². The van der Waals surface area contributed by atoms with Crippen molar-refractivity contribution in [3.63, 3.8) is 0 Å². The highest BCUT2D eigenvalue weighted by Crippen LogP contribution is 2.27. The molecule has 2 rings (SSSR count). The minimum atomic E-state index is -0.602. The summed E-state index contributed by atoms with van der Waals surface area (Å²) in [7, 11) is 0. The van der Waals surface area contributed by atoms with Crippen molar-refractivity contribution in [2.24, 2.45) is 17.6 Å². The highest BCUT2D eigenvalue weighted by Gasteiger charge is 2.36. The highest BCUT2D eigenvalue weighted by molar-refractivity contribution is 5.90. The molecule has 3 N–H and O–H groups in total. The SMILES string of the molecule is CCOCCC(=O)NC1CN(c2cncc(C(N)=O)n2)CC1C(C)C. The Balaban J connectivity index is 2.05. The first-order valence-corrected chi connectivity index (χ1v) is 8.66. The van der Waals surface area contributed by atoms with E-state index in [4.69, 9.17) is 10.5 Å². The average Bonchev–Trinajstić information content (AvgIpc) is 2.99. The number of hydrogen-bond acceptors (Lipinski definition) is 6. The lowest BCUT2D eigenvalue weighted by molar-refractivity contribution is -0.123. The third kappa shape index (κ3) is 5.12. The van der Waals surface area contributed by atoms with Crippen molar-refractivity contribution in [1.82, 2.24) is 15.3 Å². The van der Waals surface area contributed by atoms with Crippen molar-refractivity contribution in [2.75, 3.05) is 31.2 Å². The topological polar surface area (TPSA) is 110 Å². The van der Waals surface area contributed by atoms with Gasteiger partial charge in [-0.25, -0.2) is 4.98 Å². The summed E-state index contributed by atoms with van der Waals surface area (Å²) in [6.07, 6.45) is 3.32. The molecule has 1 aromatic heterocycles. The van der Waals surface area contributed by atoms with Crippen LogP contribution in [0.4, 0.5) is 5.82 Å². The van der Waals surface area contributed by atoms with Gasteiger partial charge in [-0.05, 0) is 12.8 Å². The lowest BCUT2D eigenvalue weighted by atomic mass is 9.91. The van der Waals surface area contributed by atoms with E-state index in [-0.39, 0.29) is 23.6 Å². The van der Waals surface area contributed by atoms with Gasteiger partial charge in [-0.1, -0.05) is 13.8 Å². The molecule has 0 radical (unpaired) electrons. The molecule has 8 nitrogen and oxygen atoms in total. The number of amides is 2. The molecule has 2 atom stereocenters. The summed E-state index contributed by atoms with van der Waals surface area (Å²) in [5, 5.41) is 3.11. The van der Waals surface area contributed by atoms with Crippen LogP contribution in [0.5, 0.6) is 0 Å². The molecule has 0 aromatic carbocycles. The molecule has 1 aliphatic rings. The Labute approximate surface area is 148 Å². The fourth-order valence-electron chi connectivity index (χ4n) is 3.06. The van der Waals surface area contributed by atoms with Gasteiger partial charge in [0.05, 0.1) is 25.0 Å². The minimum absolute atomic E-state index is 0.0112. The molecule has 1 saturated heterocycles. The van der Waals surface area contributed by atoms with E-state index in [1.165, 1.54) is 6.20 Å². The highest BCUT2D eigenvalue weighted by atomic mass is 16.5. The summed E-state index contributed by atoms with van der Waals surface area (Å²) >= 11 is 0. The van der Waals surface area contributed by atoms with E-state index in [1.54, 1.807) is 6.20 Å². The number of carbonyl (C=O) groups excluding carboxylic acids is 2. The molecular weight excluding hydrogens is 322 g/mol. The number of nitrogens with one attached hydrogen (secondary N) is 1. The Morgan fingerprint density at radius 2 is 2.16 bits per heavy atom. The van der Waals surface area contributed by atoms with Gasteiger partial charge in [-0.3, -0.25) is 14.6 Å². The number of rotatable bonds is 8. The van der Waals surface area contributed by atoms with Crippen LogP contribution in [0.15, 0.2) is 12.4 Å². The largest absolute Gasteiger partial charge is 0.381 e. The Morgan fingerprint density at radius 3 is 2.80 bits per heavy atom. The number of anilines is 1. The number of nitrogens with two attached hydrogens (primary N) is 1. The fourth-order valence-corrected chi connectivity index (χ4v) is 3.06. The monoisotopic (exact) mass is 349 g/mol. The minimum Gasteiger partial charge on any atom is -0.381 e. The Hall–Kier alpha value is -2.22. The Bertz CT molecular complexity index is 608. The molecule has 8 heteroatoms. The van der Waals surface area contributed by atoms with E-state index < -0.39 is 5.91 Å². The first-order chi connectivity index (χ1) is 11.9. The summed E-state index contributed by atoms with van der Waals surface area (Å²) in [6, 6.07) is 0.0214. The molecule has 2 unspecified atom stereocenters. The molecule has 0 saturated carbocycles. The molecule has 1 aromatic rings. The van der Waals surface area contributed by atoms with Crippen molar-refractivity contribution in [3.05, 3.63) is 18.1 Å². The molecule has 1 fully saturated rings. The van der Waals surface area contributed by atoms with Crippen molar-refractivity contribution >= 4 is 17.6 Å². The maximum atomic E-state index is 12.1. The summed E-state index contributed by atoms with van der Waals surface area (Å²) in [5.41, 5.74) is 5.42. The van der Waals surface area contributed by atoms with Crippen LogP contribution in [-0.2, 0) is 9.53 Å². The lowest BCUT2D eigenvalue weighted by Gasteiger charge is -2.22. The molecule has 25 heavy (non-hydrogen) atoms. The predicted molar refractivity (Wildman–Crippen MR) is 94.1 cm³/mol. The summed E-state index contributed by atoms with van der Waals surface area (Å²) in [4.78, 5) is 33.8. The Morgan fingerprint density at radius 1 is 1.40 bits per heavy atom. The number of primary amides is 1. The second-order valence-corrected chi connectivity index (χ2v) is 6.56. The molecule has 2 heterocycles. The molecule has 1 aliphatic heterocycles. The predicted octanol–water partition coefficient (Wildman–Crippen LogP) is 0.579. The van der Waals surface area contributed by atoms with E-state index in [1.807, 2.05) is 11.8 Å². The maximum absolute atomic E-state index is 12.1. The number of aromatic nitrogens is 2. The number of nitrogens with zero attached hydrogens (tertiary/aromatic N) is 3. The van der Waals surface area contributed by atoms with Crippen LogP contribution in [0.3, 0.4) is 0 Å². The van der Waals surface area contributed by atoms with E-state index in [0.717, 1.165) is 6.54 Å². The third-order valence-electron chi connectivity index (χ3n) is 4.44. The van der Waals surface area contributed by atoms with Crippen LogP contribution in [0.1, 0.15) is 37.7 Å². The van der Waals surface area contributed by atoms with Crippen LogP contribution >= 0.6 is 0 Å². The summed E-state index contributed by atoms with van der Waals surface area (Å²) in [6.45, 7) is 8.58. The van der Waals surface area contributed by atoms with Crippen molar-refractivity contribution < 1.29 is 14.3 Å². The van der Waals surface area contributed by atoms with Gasteiger partial charge in [0, 0.05) is 32.0 Å². The zero-order valence-electron chi connectivity index (χ0n) is 15.1. The van der Waals surface area contributed by atoms with Crippen LogP contribution in [0.25, 0.3) is 0 Å². The standard InChI is InChI=1S/C17H27N5O3/c1-4-25-6-5-16(23)21-14-10-22(9-12(14)11(2)3)15-8-19-7-13(20-15)17(18)24/h7-8,11-12,14H,4-6,9-10H2,1-3H3,(H2,18,24)(H,21,23). The maximum Gasteiger partial charge on any atom is 0.268 e. The molecule has 0 spiro atoms. The first-order valence-electron chi connectivity index (χ1n) is 8.66. The smallest absolute Gasteiger partial charge is 0.268 e. The van der Waals surface area contributed by atoms with E-state index in [9.17, 15) is 9.59 Å². The fraction of sp³-hybridized carbons (Fsp3) is 0.647. The second-order valence-electron chi connectivity index (χ2n) is 6.56. The van der Waals surface area contributed by atoms with E-state index >= 15 is 0 Å². The molecule has 2 amide bonds. The van der Waals surface area contributed by atoms with E-state index in [2.05, 4.69) is 29.1 Å². The number of hydrogen-bond donors (Lipinski definition) is 2. The van der Waals surface area contributed by atoms with Crippen molar-refractivity contribution in [3.8, 4) is 0 Å². The first kappa shape index (κ1) is 19.1. The van der Waals surface area contributed by atoms with Crippen molar-refractivity contribution in [2.45, 2.75) is 33.2 Å².